The van der Waals surface area contributed by atoms with Crippen LogP contribution in [0.25, 0.3) is 11.0 Å². The number of nitrogens with zero attached hydrogens (tertiary/aromatic N) is 5. The number of carboxylic acid groups (broad SMARTS) is 1. The number of pyridine rings is 1. The molecular formula is C28H33N5O5S. The fourth-order valence-corrected chi connectivity index (χ4v) is 6.75. The second kappa shape index (κ2) is 10.6. The minimum absolute atomic E-state index is 0.0984. The van der Waals surface area contributed by atoms with Crippen LogP contribution in [0.4, 0.5) is 0 Å². The third-order valence-electron chi connectivity index (χ3n) is 7.49. The number of aromatic nitrogens is 4. The molecule has 0 spiro atoms. The van der Waals surface area contributed by atoms with Gasteiger partial charge in [-0.3, -0.25) is 13.9 Å². The highest BCUT2D eigenvalue weighted by Gasteiger charge is 2.35. The monoisotopic (exact) mass is 551 g/mol. The SMILES string of the molecule is CCC1CN(Cc2cc(C(CC(=O)O)c3ccc4c(nnn4C)c3C)ccc2C)S(O)(O)c2cccnc2O1. The summed E-state index contributed by atoms with van der Waals surface area (Å²) in [5, 5.41) is 18.2. The van der Waals surface area contributed by atoms with Crippen LogP contribution in [0.3, 0.4) is 0 Å². The molecule has 1 aliphatic heterocycles. The van der Waals surface area contributed by atoms with Crippen molar-refractivity contribution in [3.8, 4) is 5.88 Å². The van der Waals surface area contributed by atoms with Crippen molar-refractivity contribution in [1.82, 2.24) is 24.3 Å². The Morgan fingerprint density at radius 2 is 2.00 bits per heavy atom. The molecule has 5 rings (SSSR count). The molecule has 2 atom stereocenters. The molecule has 4 aromatic rings. The lowest BCUT2D eigenvalue weighted by Gasteiger charge is -2.41. The van der Waals surface area contributed by atoms with Crippen LogP contribution in [0.2, 0.25) is 0 Å². The highest BCUT2D eigenvalue weighted by atomic mass is 32.3. The molecule has 10 nitrogen and oxygen atoms in total. The molecule has 0 saturated carbocycles. The van der Waals surface area contributed by atoms with Crippen molar-refractivity contribution in [2.24, 2.45) is 7.05 Å². The maximum atomic E-state index is 12.0. The quantitative estimate of drug-likeness (QED) is 0.280. The van der Waals surface area contributed by atoms with Crippen molar-refractivity contribution >= 4 is 27.8 Å². The molecule has 3 N–H and O–H groups in total. The molecule has 2 aromatic carbocycles. The lowest BCUT2D eigenvalue weighted by Crippen LogP contribution is -2.34. The Morgan fingerprint density at radius 3 is 2.74 bits per heavy atom. The molecular weight excluding hydrogens is 518 g/mol. The highest BCUT2D eigenvalue weighted by Crippen LogP contribution is 2.57. The van der Waals surface area contributed by atoms with Gasteiger partial charge in [-0.25, -0.2) is 9.67 Å². The Bertz CT molecular complexity index is 1540. The van der Waals surface area contributed by atoms with Crippen LogP contribution in [-0.4, -0.2) is 57.1 Å². The van der Waals surface area contributed by atoms with Crippen LogP contribution in [0.1, 0.15) is 53.5 Å². The minimum atomic E-state index is -3.38. The van der Waals surface area contributed by atoms with E-state index >= 15 is 0 Å². The van der Waals surface area contributed by atoms with Gasteiger partial charge in [0.25, 0.3) is 0 Å². The van der Waals surface area contributed by atoms with E-state index in [1.807, 2.05) is 58.2 Å². The Balaban J connectivity index is 1.55. The average molecular weight is 552 g/mol. The third kappa shape index (κ3) is 5.10. The van der Waals surface area contributed by atoms with E-state index in [2.05, 4.69) is 15.3 Å². The molecule has 0 fully saturated rings. The first-order chi connectivity index (χ1) is 18.6. The van der Waals surface area contributed by atoms with E-state index in [0.717, 1.165) is 38.9 Å². The minimum Gasteiger partial charge on any atom is -0.481 e. The van der Waals surface area contributed by atoms with E-state index in [-0.39, 0.29) is 29.8 Å². The number of carboxylic acids is 1. The number of ether oxygens (including phenoxy) is 1. The van der Waals surface area contributed by atoms with Crippen LogP contribution in [-0.2, 0) is 18.4 Å². The summed E-state index contributed by atoms with van der Waals surface area (Å²) in [7, 11) is -1.55. The Labute approximate surface area is 228 Å². The predicted molar refractivity (Wildman–Crippen MR) is 149 cm³/mol. The molecule has 1 aliphatic rings. The van der Waals surface area contributed by atoms with Gasteiger partial charge in [0, 0.05) is 25.7 Å². The van der Waals surface area contributed by atoms with Gasteiger partial charge in [-0.2, -0.15) is 4.31 Å². The van der Waals surface area contributed by atoms with Crippen molar-refractivity contribution in [2.45, 2.75) is 57.1 Å². The van der Waals surface area contributed by atoms with E-state index in [1.54, 1.807) is 27.3 Å². The lowest BCUT2D eigenvalue weighted by molar-refractivity contribution is -0.137. The zero-order valence-corrected chi connectivity index (χ0v) is 23.2. The molecule has 3 heterocycles. The normalized spacial score (nSPS) is 18.7. The van der Waals surface area contributed by atoms with Crippen molar-refractivity contribution in [2.75, 3.05) is 6.54 Å². The van der Waals surface area contributed by atoms with E-state index < -0.39 is 22.7 Å². The van der Waals surface area contributed by atoms with E-state index in [1.165, 1.54) is 0 Å². The van der Waals surface area contributed by atoms with Gasteiger partial charge in [0.2, 0.25) is 5.88 Å². The van der Waals surface area contributed by atoms with Gasteiger partial charge in [0.15, 0.2) is 0 Å². The van der Waals surface area contributed by atoms with Gasteiger partial charge in [0.1, 0.15) is 16.5 Å². The molecule has 206 valence electrons. The van der Waals surface area contributed by atoms with E-state index in [0.29, 0.717) is 13.0 Å². The summed E-state index contributed by atoms with van der Waals surface area (Å²) in [6.45, 7) is 6.45. The molecule has 11 heteroatoms. The van der Waals surface area contributed by atoms with Gasteiger partial charge in [0.05, 0.1) is 18.5 Å². The number of fused-ring (bicyclic) bond motifs is 2. The summed E-state index contributed by atoms with van der Waals surface area (Å²) >= 11 is 0. The second-order valence-corrected chi connectivity index (χ2v) is 12.0. The lowest BCUT2D eigenvalue weighted by atomic mass is 9.84. The molecule has 0 bridgehead atoms. The van der Waals surface area contributed by atoms with Gasteiger partial charge >= 0.3 is 5.97 Å². The largest absolute Gasteiger partial charge is 0.481 e. The van der Waals surface area contributed by atoms with E-state index in [9.17, 15) is 19.0 Å². The zero-order valence-electron chi connectivity index (χ0n) is 22.4. The molecule has 0 amide bonds. The van der Waals surface area contributed by atoms with Crippen molar-refractivity contribution in [3.05, 3.63) is 76.5 Å². The number of aliphatic carboxylic acids is 1. The van der Waals surface area contributed by atoms with Gasteiger partial charge < -0.3 is 9.84 Å². The Kier molecular flexibility index (Phi) is 7.34. The number of benzene rings is 2. The third-order valence-corrected chi connectivity index (χ3v) is 9.39. The maximum absolute atomic E-state index is 12.0. The summed E-state index contributed by atoms with van der Waals surface area (Å²) in [6.07, 6.45) is 1.88. The van der Waals surface area contributed by atoms with Crippen molar-refractivity contribution in [1.29, 1.82) is 0 Å². The first-order valence-electron chi connectivity index (χ1n) is 12.8. The predicted octanol–water partition coefficient (Wildman–Crippen LogP) is 5.28. The summed E-state index contributed by atoms with van der Waals surface area (Å²) < 4.78 is 32.2. The standard InChI is InChI=1S/C28H33N5O5S/c1-5-21-16-33(39(36,37)25-7-6-12-29-28(25)38-21)15-20-13-19(9-8-17(20)2)23(14-26(34)35)22-10-11-24-27(18(22)3)30-31-32(24)4/h6-13,21,23,36-37H,5,14-16H2,1-4H3,(H,34,35). The second-order valence-electron chi connectivity index (χ2n) is 9.99. The summed E-state index contributed by atoms with van der Waals surface area (Å²) in [5.41, 5.74) is 6.07. The molecule has 0 aliphatic carbocycles. The molecule has 2 aromatic heterocycles. The Morgan fingerprint density at radius 1 is 1.21 bits per heavy atom. The van der Waals surface area contributed by atoms with Crippen LogP contribution in [0.5, 0.6) is 5.88 Å². The van der Waals surface area contributed by atoms with Crippen LogP contribution >= 0.6 is 10.8 Å². The highest BCUT2D eigenvalue weighted by molar-refractivity contribution is 8.22. The van der Waals surface area contributed by atoms with Crippen molar-refractivity contribution in [3.63, 3.8) is 0 Å². The van der Waals surface area contributed by atoms with E-state index in [4.69, 9.17) is 4.74 Å². The van der Waals surface area contributed by atoms with Gasteiger partial charge in [-0.15, -0.1) is 15.9 Å². The number of hydrogen-bond acceptors (Lipinski definition) is 8. The first kappa shape index (κ1) is 27.1. The number of rotatable bonds is 7. The number of aryl methyl sites for hydroxylation is 3. The first-order valence-corrected chi connectivity index (χ1v) is 14.4. The number of carbonyl (C=O) groups is 1. The smallest absolute Gasteiger partial charge is 0.304 e. The fourth-order valence-electron chi connectivity index (χ4n) is 5.18. The topological polar surface area (TPSA) is 134 Å². The summed E-state index contributed by atoms with van der Waals surface area (Å²) in [5.74, 6) is -1.09. The molecule has 0 saturated heterocycles. The summed E-state index contributed by atoms with van der Waals surface area (Å²) in [6, 6.07) is 13.1. The van der Waals surface area contributed by atoms with Gasteiger partial charge in [-0.1, -0.05) is 36.4 Å². The Hall–Kier alpha value is -3.51. The fraction of sp³-hybridized carbons (Fsp3) is 0.357. The summed E-state index contributed by atoms with van der Waals surface area (Å²) in [4.78, 5) is 16.5. The van der Waals surface area contributed by atoms with Crippen LogP contribution in [0.15, 0.2) is 53.6 Å². The zero-order chi connectivity index (χ0) is 27.9. The molecule has 2 unspecified atom stereocenters. The van der Waals surface area contributed by atoms with Crippen LogP contribution in [0, 0.1) is 13.8 Å². The van der Waals surface area contributed by atoms with Gasteiger partial charge in [-0.05, 0) is 66.3 Å². The van der Waals surface area contributed by atoms with Crippen LogP contribution < -0.4 is 4.74 Å². The maximum Gasteiger partial charge on any atom is 0.304 e. The number of hydrogen-bond donors (Lipinski definition) is 3. The van der Waals surface area contributed by atoms with Crippen molar-refractivity contribution < 1.29 is 23.7 Å². The average Bonchev–Trinajstić information content (AvgIpc) is 3.24. The molecule has 39 heavy (non-hydrogen) atoms. The molecule has 0 radical (unpaired) electrons.